The molecule has 2 heterocycles. The summed E-state index contributed by atoms with van der Waals surface area (Å²) < 4.78 is 5.73. The topological polar surface area (TPSA) is 53.6 Å². The van der Waals surface area contributed by atoms with Gasteiger partial charge in [0.05, 0.1) is 18.8 Å². The maximum atomic E-state index is 12.5. The van der Waals surface area contributed by atoms with Gasteiger partial charge in [-0.15, -0.1) is 0 Å². The molecule has 2 aliphatic heterocycles. The smallest absolute Gasteiger partial charge is 0.241 e. The van der Waals surface area contributed by atoms with Crippen molar-refractivity contribution in [1.82, 2.24) is 10.2 Å². The standard InChI is InChI=1S/C16H23N3O2/c1-19(11-13-10-17-8-9-21-13)15-7-6-12-4-2-3-5-14(12)18-16(15)20/h2-5,13,15,17H,6-11H2,1H3,(H,18,20). The Morgan fingerprint density at radius 2 is 2.24 bits per heavy atom. The lowest BCUT2D eigenvalue weighted by Crippen LogP contribution is -2.49. The van der Waals surface area contributed by atoms with E-state index in [1.165, 1.54) is 5.56 Å². The maximum absolute atomic E-state index is 12.5. The van der Waals surface area contributed by atoms with Gasteiger partial charge < -0.3 is 15.4 Å². The van der Waals surface area contributed by atoms with Crippen LogP contribution in [0, 0.1) is 0 Å². The largest absolute Gasteiger partial charge is 0.374 e. The van der Waals surface area contributed by atoms with Crippen LogP contribution in [-0.4, -0.2) is 56.2 Å². The number of benzene rings is 1. The van der Waals surface area contributed by atoms with E-state index in [0.717, 1.165) is 44.8 Å². The number of nitrogens with zero attached hydrogens (tertiary/aromatic N) is 1. The van der Waals surface area contributed by atoms with Gasteiger partial charge in [-0.25, -0.2) is 0 Å². The second-order valence-electron chi connectivity index (χ2n) is 5.84. The van der Waals surface area contributed by atoms with E-state index in [0.29, 0.717) is 0 Å². The molecule has 2 aliphatic rings. The summed E-state index contributed by atoms with van der Waals surface area (Å²) in [5.41, 5.74) is 2.17. The molecule has 1 fully saturated rings. The van der Waals surface area contributed by atoms with Crippen molar-refractivity contribution in [2.45, 2.75) is 25.0 Å². The Kier molecular flexibility index (Phi) is 4.53. The highest BCUT2D eigenvalue weighted by Crippen LogP contribution is 2.23. The number of fused-ring (bicyclic) bond motifs is 1. The molecule has 5 nitrogen and oxygen atoms in total. The molecule has 0 spiro atoms. The SMILES string of the molecule is CN(CC1CNCCO1)C1CCc2ccccc2NC1=O. The highest BCUT2D eigenvalue weighted by atomic mass is 16.5. The van der Waals surface area contributed by atoms with E-state index in [4.69, 9.17) is 4.74 Å². The Morgan fingerprint density at radius 1 is 1.38 bits per heavy atom. The van der Waals surface area contributed by atoms with Crippen molar-refractivity contribution in [2.24, 2.45) is 0 Å². The summed E-state index contributed by atoms with van der Waals surface area (Å²) in [5.74, 6) is 0.0891. The lowest BCUT2D eigenvalue weighted by atomic mass is 10.0. The molecular formula is C16H23N3O2. The fourth-order valence-electron chi connectivity index (χ4n) is 3.11. The highest BCUT2D eigenvalue weighted by Gasteiger charge is 2.28. The van der Waals surface area contributed by atoms with E-state index in [1.54, 1.807) is 0 Å². The number of nitrogens with one attached hydrogen (secondary N) is 2. The van der Waals surface area contributed by atoms with E-state index in [9.17, 15) is 4.79 Å². The van der Waals surface area contributed by atoms with Gasteiger partial charge in [-0.2, -0.15) is 0 Å². The Morgan fingerprint density at radius 3 is 3.05 bits per heavy atom. The van der Waals surface area contributed by atoms with E-state index in [1.807, 2.05) is 25.2 Å². The molecule has 1 saturated heterocycles. The molecule has 1 amide bonds. The number of carbonyl (C=O) groups excluding carboxylic acids is 1. The van der Waals surface area contributed by atoms with Crippen LogP contribution in [0.5, 0.6) is 0 Å². The third-order valence-corrected chi connectivity index (χ3v) is 4.29. The molecule has 1 aromatic carbocycles. The average molecular weight is 289 g/mol. The molecule has 2 N–H and O–H groups in total. The molecule has 3 rings (SSSR count). The number of rotatable bonds is 3. The zero-order chi connectivity index (χ0) is 14.7. The number of carbonyl (C=O) groups is 1. The van der Waals surface area contributed by atoms with Gasteiger partial charge in [0.15, 0.2) is 0 Å². The summed E-state index contributed by atoms with van der Waals surface area (Å²) >= 11 is 0. The van der Waals surface area contributed by atoms with Crippen LogP contribution in [0.3, 0.4) is 0 Å². The number of ether oxygens (including phenoxy) is 1. The number of likely N-dealkylation sites (N-methyl/N-ethyl adjacent to an activating group) is 1. The van der Waals surface area contributed by atoms with Gasteiger partial charge in [0.25, 0.3) is 0 Å². The van der Waals surface area contributed by atoms with Gasteiger partial charge in [-0.1, -0.05) is 18.2 Å². The van der Waals surface area contributed by atoms with Gasteiger partial charge >= 0.3 is 0 Å². The van der Waals surface area contributed by atoms with Crippen LogP contribution in [0.15, 0.2) is 24.3 Å². The first kappa shape index (κ1) is 14.5. The third kappa shape index (κ3) is 3.43. The fraction of sp³-hybridized carbons (Fsp3) is 0.562. The molecule has 2 atom stereocenters. The van der Waals surface area contributed by atoms with E-state index < -0.39 is 0 Å². The zero-order valence-electron chi connectivity index (χ0n) is 12.5. The predicted octanol–water partition coefficient (Wildman–Crippen LogP) is 0.860. The number of aryl methyl sites for hydroxylation is 1. The third-order valence-electron chi connectivity index (χ3n) is 4.29. The van der Waals surface area contributed by atoms with Crippen LogP contribution in [0.4, 0.5) is 5.69 Å². The zero-order valence-corrected chi connectivity index (χ0v) is 12.5. The summed E-state index contributed by atoms with van der Waals surface area (Å²) in [5, 5.41) is 6.38. The molecule has 0 radical (unpaired) electrons. The molecule has 2 unspecified atom stereocenters. The molecule has 0 bridgehead atoms. The number of anilines is 1. The Bertz CT molecular complexity index is 500. The maximum Gasteiger partial charge on any atom is 0.241 e. The molecule has 0 aliphatic carbocycles. The van der Waals surface area contributed by atoms with Crippen LogP contribution in [0.2, 0.25) is 0 Å². The van der Waals surface area contributed by atoms with Crippen molar-refractivity contribution in [1.29, 1.82) is 0 Å². The van der Waals surface area contributed by atoms with Gasteiger partial charge in [-0.05, 0) is 31.5 Å². The normalized spacial score (nSPS) is 26.1. The molecule has 0 aromatic heterocycles. The summed E-state index contributed by atoms with van der Waals surface area (Å²) in [7, 11) is 2.01. The lowest BCUT2D eigenvalue weighted by Gasteiger charge is -2.31. The second kappa shape index (κ2) is 6.56. The van der Waals surface area contributed by atoms with Crippen molar-refractivity contribution >= 4 is 11.6 Å². The number of hydrogen-bond donors (Lipinski definition) is 2. The Labute approximate surface area is 125 Å². The number of morpholine rings is 1. The first-order valence-corrected chi connectivity index (χ1v) is 7.65. The summed E-state index contributed by atoms with van der Waals surface area (Å²) in [6, 6.07) is 7.96. The molecule has 0 saturated carbocycles. The van der Waals surface area contributed by atoms with Crippen LogP contribution < -0.4 is 10.6 Å². The number of amides is 1. The minimum Gasteiger partial charge on any atom is -0.374 e. The molecule has 5 heteroatoms. The van der Waals surface area contributed by atoms with E-state index >= 15 is 0 Å². The number of para-hydroxylation sites is 1. The summed E-state index contributed by atoms with van der Waals surface area (Å²) in [6.07, 6.45) is 1.94. The van der Waals surface area contributed by atoms with E-state index in [2.05, 4.69) is 21.6 Å². The fourth-order valence-corrected chi connectivity index (χ4v) is 3.11. The van der Waals surface area contributed by atoms with E-state index in [-0.39, 0.29) is 18.1 Å². The van der Waals surface area contributed by atoms with Crippen LogP contribution in [-0.2, 0) is 16.0 Å². The molecule has 114 valence electrons. The van der Waals surface area contributed by atoms with Crippen molar-refractivity contribution in [3.63, 3.8) is 0 Å². The Hall–Kier alpha value is -1.43. The highest BCUT2D eigenvalue weighted by molar-refractivity contribution is 5.96. The lowest BCUT2D eigenvalue weighted by molar-refractivity contribution is -0.121. The van der Waals surface area contributed by atoms with Gasteiger partial charge in [0, 0.05) is 25.3 Å². The van der Waals surface area contributed by atoms with Gasteiger partial charge in [-0.3, -0.25) is 9.69 Å². The molecular weight excluding hydrogens is 266 g/mol. The molecule has 21 heavy (non-hydrogen) atoms. The average Bonchev–Trinajstić information content (AvgIpc) is 2.66. The van der Waals surface area contributed by atoms with Crippen LogP contribution >= 0.6 is 0 Å². The minimum atomic E-state index is -0.0945. The monoisotopic (exact) mass is 289 g/mol. The van der Waals surface area contributed by atoms with Crippen molar-refractivity contribution in [3.8, 4) is 0 Å². The quantitative estimate of drug-likeness (QED) is 0.866. The first-order chi connectivity index (χ1) is 10.2. The molecule has 1 aromatic rings. The van der Waals surface area contributed by atoms with Crippen LogP contribution in [0.25, 0.3) is 0 Å². The first-order valence-electron chi connectivity index (χ1n) is 7.65. The van der Waals surface area contributed by atoms with Crippen molar-refractivity contribution in [2.75, 3.05) is 38.6 Å². The van der Waals surface area contributed by atoms with Gasteiger partial charge in [0.1, 0.15) is 0 Å². The predicted molar refractivity (Wildman–Crippen MR) is 82.4 cm³/mol. The van der Waals surface area contributed by atoms with Crippen molar-refractivity contribution < 1.29 is 9.53 Å². The summed E-state index contributed by atoms with van der Waals surface area (Å²) in [4.78, 5) is 14.6. The van der Waals surface area contributed by atoms with Gasteiger partial charge in [0.2, 0.25) is 5.91 Å². The van der Waals surface area contributed by atoms with Crippen LogP contribution in [0.1, 0.15) is 12.0 Å². The Balaban J connectivity index is 1.64. The van der Waals surface area contributed by atoms with Crippen molar-refractivity contribution in [3.05, 3.63) is 29.8 Å². The number of hydrogen-bond acceptors (Lipinski definition) is 4. The second-order valence-corrected chi connectivity index (χ2v) is 5.84. The minimum absolute atomic E-state index is 0.0891. The summed E-state index contributed by atoms with van der Waals surface area (Å²) in [6.45, 7) is 3.31.